The monoisotopic (exact) mass is 286 g/mol. The van der Waals surface area contributed by atoms with Crippen LogP contribution < -0.4 is 5.32 Å². The Bertz CT molecular complexity index is 394. The van der Waals surface area contributed by atoms with Crippen molar-refractivity contribution in [2.24, 2.45) is 0 Å². The molecular formula is C12H18N2O4S. The summed E-state index contributed by atoms with van der Waals surface area (Å²) >= 11 is 1.32. The number of aliphatic hydroxyl groups is 1. The molecule has 106 valence electrons. The molecule has 0 aromatic carbocycles. The van der Waals surface area contributed by atoms with Crippen molar-refractivity contribution < 1.29 is 19.4 Å². The molecule has 0 unspecified atom stereocenters. The Balaban J connectivity index is 2.41. The minimum absolute atomic E-state index is 0.0829. The first-order chi connectivity index (χ1) is 9.19. The van der Waals surface area contributed by atoms with Crippen molar-refractivity contribution in [3.63, 3.8) is 0 Å². The van der Waals surface area contributed by atoms with Crippen LogP contribution in [0.4, 0.5) is 0 Å². The summed E-state index contributed by atoms with van der Waals surface area (Å²) in [5.74, 6) is -0.505. The third-order valence-corrected chi connectivity index (χ3v) is 3.30. The number of methoxy groups -OCH3 is 1. The smallest absolute Gasteiger partial charge is 0.261 e. The summed E-state index contributed by atoms with van der Waals surface area (Å²) in [6.45, 7) is 0.821. The van der Waals surface area contributed by atoms with Gasteiger partial charge in [-0.2, -0.15) is 0 Å². The van der Waals surface area contributed by atoms with Crippen molar-refractivity contribution in [1.29, 1.82) is 0 Å². The maximum absolute atomic E-state index is 11.9. The number of hydrogen-bond acceptors (Lipinski definition) is 5. The van der Waals surface area contributed by atoms with E-state index in [2.05, 4.69) is 5.32 Å². The molecule has 0 spiro atoms. The van der Waals surface area contributed by atoms with Gasteiger partial charge in [0.2, 0.25) is 5.91 Å². The summed E-state index contributed by atoms with van der Waals surface area (Å²) in [5.41, 5.74) is 0. The van der Waals surface area contributed by atoms with Gasteiger partial charge in [0.1, 0.15) is 0 Å². The normalized spacial score (nSPS) is 10.2. The number of thiophene rings is 1. The molecule has 1 aromatic heterocycles. The van der Waals surface area contributed by atoms with E-state index in [0.717, 1.165) is 0 Å². The zero-order valence-electron chi connectivity index (χ0n) is 10.8. The Morgan fingerprint density at radius 3 is 2.84 bits per heavy atom. The Morgan fingerprint density at radius 1 is 1.47 bits per heavy atom. The minimum Gasteiger partial charge on any atom is -0.395 e. The number of hydrogen-bond donors (Lipinski definition) is 2. The lowest BCUT2D eigenvalue weighted by Gasteiger charge is -2.21. The molecule has 0 saturated carbocycles. The maximum atomic E-state index is 11.9. The molecule has 0 aliphatic carbocycles. The van der Waals surface area contributed by atoms with E-state index >= 15 is 0 Å². The Morgan fingerprint density at radius 2 is 2.26 bits per heavy atom. The van der Waals surface area contributed by atoms with Crippen LogP contribution in [0, 0.1) is 0 Å². The quantitative estimate of drug-likeness (QED) is 0.702. The predicted octanol–water partition coefficient (Wildman–Crippen LogP) is -0.0548. The van der Waals surface area contributed by atoms with E-state index in [1.54, 1.807) is 24.6 Å². The average molecular weight is 286 g/mol. The van der Waals surface area contributed by atoms with Crippen LogP contribution in [0.25, 0.3) is 0 Å². The van der Waals surface area contributed by atoms with Crippen molar-refractivity contribution in [2.75, 3.05) is 40.0 Å². The number of aliphatic hydroxyl groups excluding tert-OH is 1. The van der Waals surface area contributed by atoms with Gasteiger partial charge in [0.05, 0.1) is 24.6 Å². The van der Waals surface area contributed by atoms with Crippen molar-refractivity contribution in [2.45, 2.75) is 0 Å². The first-order valence-electron chi connectivity index (χ1n) is 5.88. The molecule has 1 aromatic rings. The molecule has 1 heterocycles. The van der Waals surface area contributed by atoms with Gasteiger partial charge >= 0.3 is 0 Å². The summed E-state index contributed by atoms with van der Waals surface area (Å²) in [6.07, 6.45) is 0. The number of amides is 2. The number of rotatable bonds is 8. The van der Waals surface area contributed by atoms with Gasteiger partial charge in [0.25, 0.3) is 5.91 Å². The highest BCUT2D eigenvalue weighted by Gasteiger charge is 2.14. The molecule has 6 nitrogen and oxygen atoms in total. The van der Waals surface area contributed by atoms with Gasteiger partial charge in [-0.3, -0.25) is 9.59 Å². The molecule has 2 amide bonds. The molecule has 19 heavy (non-hydrogen) atoms. The fourth-order valence-corrected chi connectivity index (χ4v) is 2.09. The lowest BCUT2D eigenvalue weighted by molar-refractivity contribution is -0.131. The van der Waals surface area contributed by atoms with Crippen LogP contribution >= 0.6 is 11.3 Å². The van der Waals surface area contributed by atoms with Crippen molar-refractivity contribution in [3.05, 3.63) is 22.4 Å². The lowest BCUT2D eigenvalue weighted by Crippen LogP contribution is -2.42. The fraction of sp³-hybridized carbons (Fsp3) is 0.500. The third-order valence-electron chi connectivity index (χ3n) is 2.43. The second kappa shape index (κ2) is 8.63. The van der Waals surface area contributed by atoms with E-state index in [9.17, 15) is 9.59 Å². The van der Waals surface area contributed by atoms with Gasteiger partial charge < -0.3 is 20.1 Å². The number of carbonyl (C=O) groups is 2. The highest BCUT2D eigenvalue weighted by atomic mass is 32.1. The van der Waals surface area contributed by atoms with E-state index in [1.165, 1.54) is 16.2 Å². The van der Waals surface area contributed by atoms with Crippen LogP contribution in [0.15, 0.2) is 17.5 Å². The Kier molecular flexibility index (Phi) is 7.09. The van der Waals surface area contributed by atoms with Gasteiger partial charge in [0, 0.05) is 20.2 Å². The molecule has 2 N–H and O–H groups in total. The summed E-state index contributed by atoms with van der Waals surface area (Å²) in [5, 5.41) is 13.2. The zero-order valence-corrected chi connectivity index (χ0v) is 11.6. The van der Waals surface area contributed by atoms with E-state index in [0.29, 0.717) is 18.0 Å². The molecule has 0 atom stereocenters. The summed E-state index contributed by atoms with van der Waals surface area (Å²) in [7, 11) is 1.54. The predicted molar refractivity (Wildman–Crippen MR) is 72.2 cm³/mol. The van der Waals surface area contributed by atoms with Gasteiger partial charge in [-0.05, 0) is 11.4 Å². The SMILES string of the molecule is COCCN(CCO)C(=O)CNC(=O)c1cccs1. The van der Waals surface area contributed by atoms with Crippen LogP contribution in [0.1, 0.15) is 9.67 Å². The van der Waals surface area contributed by atoms with E-state index in [4.69, 9.17) is 9.84 Å². The van der Waals surface area contributed by atoms with Crippen LogP contribution in [0.2, 0.25) is 0 Å². The second-order valence-corrected chi connectivity index (χ2v) is 4.70. The van der Waals surface area contributed by atoms with E-state index < -0.39 is 0 Å². The highest BCUT2D eigenvalue weighted by Crippen LogP contribution is 2.07. The standard InChI is InChI=1S/C12H18N2O4S/c1-18-7-5-14(4-6-15)11(16)9-13-12(17)10-3-2-8-19-10/h2-3,8,15H,4-7,9H2,1H3,(H,13,17). The van der Waals surface area contributed by atoms with Gasteiger partial charge in [0.15, 0.2) is 0 Å². The Hall–Kier alpha value is -1.44. The van der Waals surface area contributed by atoms with Crippen molar-refractivity contribution >= 4 is 23.2 Å². The number of nitrogens with one attached hydrogen (secondary N) is 1. The first-order valence-corrected chi connectivity index (χ1v) is 6.76. The highest BCUT2D eigenvalue weighted by molar-refractivity contribution is 7.12. The van der Waals surface area contributed by atoms with Crippen molar-refractivity contribution in [3.8, 4) is 0 Å². The second-order valence-electron chi connectivity index (χ2n) is 3.76. The van der Waals surface area contributed by atoms with Gasteiger partial charge in [-0.1, -0.05) is 6.07 Å². The lowest BCUT2D eigenvalue weighted by atomic mass is 10.4. The topological polar surface area (TPSA) is 78.9 Å². The number of nitrogens with zero attached hydrogens (tertiary/aromatic N) is 1. The van der Waals surface area contributed by atoms with Crippen LogP contribution in [0.5, 0.6) is 0 Å². The molecule has 7 heteroatoms. The van der Waals surface area contributed by atoms with E-state index in [-0.39, 0.29) is 31.5 Å². The van der Waals surface area contributed by atoms with E-state index in [1.807, 2.05) is 0 Å². The summed E-state index contributed by atoms with van der Waals surface area (Å²) < 4.78 is 4.89. The number of ether oxygens (including phenoxy) is 1. The average Bonchev–Trinajstić information content (AvgIpc) is 2.94. The van der Waals surface area contributed by atoms with Crippen molar-refractivity contribution in [1.82, 2.24) is 10.2 Å². The molecule has 0 fully saturated rings. The number of carbonyl (C=O) groups excluding carboxylic acids is 2. The fourth-order valence-electron chi connectivity index (χ4n) is 1.45. The maximum Gasteiger partial charge on any atom is 0.261 e. The van der Waals surface area contributed by atoms with Gasteiger partial charge in [-0.25, -0.2) is 0 Å². The Labute approximate surface area is 116 Å². The molecule has 0 bridgehead atoms. The van der Waals surface area contributed by atoms with Crippen LogP contribution in [-0.4, -0.2) is 61.8 Å². The molecule has 0 saturated heterocycles. The molecule has 0 radical (unpaired) electrons. The third kappa shape index (κ3) is 5.37. The summed E-state index contributed by atoms with van der Waals surface area (Å²) in [4.78, 5) is 25.5. The first kappa shape index (κ1) is 15.6. The largest absolute Gasteiger partial charge is 0.395 e. The summed E-state index contributed by atoms with van der Waals surface area (Å²) in [6, 6.07) is 3.47. The minimum atomic E-state index is -0.265. The molecular weight excluding hydrogens is 268 g/mol. The van der Waals surface area contributed by atoms with Gasteiger partial charge in [-0.15, -0.1) is 11.3 Å². The van der Waals surface area contributed by atoms with Crippen LogP contribution in [0.3, 0.4) is 0 Å². The molecule has 0 aliphatic rings. The van der Waals surface area contributed by atoms with Crippen LogP contribution in [-0.2, 0) is 9.53 Å². The zero-order chi connectivity index (χ0) is 14.1. The molecule has 1 rings (SSSR count). The molecule has 0 aliphatic heterocycles.